The predicted octanol–water partition coefficient (Wildman–Crippen LogP) is 2.09. The lowest BCUT2D eigenvalue weighted by Gasteiger charge is -2.06. The monoisotopic (exact) mass is 307 g/mol. The molecule has 2 N–H and O–H groups in total. The van der Waals surface area contributed by atoms with Gasteiger partial charge < -0.3 is 10.3 Å². The van der Waals surface area contributed by atoms with Gasteiger partial charge in [0.1, 0.15) is 5.69 Å². The fraction of sp³-hybridized carbons (Fsp3) is 0.0833. The van der Waals surface area contributed by atoms with Gasteiger partial charge in [0.2, 0.25) is 0 Å². The zero-order valence-electron chi connectivity index (χ0n) is 9.53. The summed E-state index contributed by atoms with van der Waals surface area (Å²) in [4.78, 5) is 28.8. The number of H-pyrrole nitrogens is 1. The number of amides is 1. The van der Waals surface area contributed by atoms with Gasteiger partial charge in [-0.05, 0) is 30.7 Å². The van der Waals surface area contributed by atoms with Crippen molar-refractivity contribution in [3.05, 3.63) is 56.7 Å². The lowest BCUT2D eigenvalue weighted by molar-refractivity contribution is 0.102. The SMILES string of the molecule is Cc1cc(NC(=O)c2c[nH]c(=O)cn2)ccc1Br. The Labute approximate surface area is 111 Å². The predicted molar refractivity (Wildman–Crippen MR) is 71.7 cm³/mol. The molecule has 0 saturated carbocycles. The van der Waals surface area contributed by atoms with Crippen molar-refractivity contribution in [1.82, 2.24) is 9.97 Å². The number of benzene rings is 1. The molecule has 92 valence electrons. The van der Waals surface area contributed by atoms with E-state index in [4.69, 9.17) is 0 Å². The number of nitrogens with one attached hydrogen (secondary N) is 2. The molecule has 0 atom stereocenters. The van der Waals surface area contributed by atoms with E-state index in [-0.39, 0.29) is 17.2 Å². The second-order valence-electron chi connectivity index (χ2n) is 3.71. The van der Waals surface area contributed by atoms with Crippen LogP contribution in [0.4, 0.5) is 5.69 Å². The van der Waals surface area contributed by atoms with E-state index < -0.39 is 0 Å². The molecule has 0 radical (unpaired) electrons. The van der Waals surface area contributed by atoms with Gasteiger partial charge in [-0.25, -0.2) is 4.98 Å². The van der Waals surface area contributed by atoms with E-state index in [1.807, 2.05) is 19.1 Å². The largest absolute Gasteiger partial charge is 0.325 e. The first kappa shape index (κ1) is 12.5. The molecule has 2 aromatic rings. The van der Waals surface area contributed by atoms with Gasteiger partial charge in [0.15, 0.2) is 0 Å². The van der Waals surface area contributed by atoms with Crippen LogP contribution in [0.5, 0.6) is 0 Å². The van der Waals surface area contributed by atoms with Crippen molar-refractivity contribution in [2.75, 3.05) is 5.32 Å². The molecule has 1 aromatic heterocycles. The van der Waals surface area contributed by atoms with Crippen molar-refractivity contribution in [3.8, 4) is 0 Å². The average Bonchev–Trinajstić information content (AvgIpc) is 2.34. The molecule has 2 rings (SSSR count). The number of aromatic nitrogens is 2. The first-order chi connectivity index (χ1) is 8.56. The zero-order valence-corrected chi connectivity index (χ0v) is 11.1. The fourth-order valence-corrected chi connectivity index (χ4v) is 1.63. The summed E-state index contributed by atoms with van der Waals surface area (Å²) in [6, 6.07) is 5.47. The van der Waals surface area contributed by atoms with Crippen LogP contribution in [-0.4, -0.2) is 15.9 Å². The summed E-state index contributed by atoms with van der Waals surface area (Å²) in [5.74, 6) is -0.368. The van der Waals surface area contributed by atoms with Crippen LogP contribution in [0.1, 0.15) is 16.1 Å². The minimum absolute atomic E-state index is 0.162. The van der Waals surface area contributed by atoms with E-state index in [9.17, 15) is 9.59 Å². The van der Waals surface area contributed by atoms with Crippen molar-refractivity contribution in [2.45, 2.75) is 6.92 Å². The molecular weight excluding hydrogens is 298 g/mol. The maximum atomic E-state index is 11.8. The van der Waals surface area contributed by atoms with Crippen LogP contribution in [0, 0.1) is 6.92 Å². The number of aryl methyl sites for hydroxylation is 1. The Morgan fingerprint density at radius 2 is 2.22 bits per heavy atom. The smallest absolute Gasteiger partial charge is 0.275 e. The lowest BCUT2D eigenvalue weighted by Crippen LogP contribution is -2.16. The third kappa shape index (κ3) is 2.84. The Morgan fingerprint density at radius 3 is 2.83 bits per heavy atom. The first-order valence-electron chi connectivity index (χ1n) is 5.18. The number of carbonyl (C=O) groups excluding carboxylic acids is 1. The summed E-state index contributed by atoms with van der Waals surface area (Å²) in [5, 5.41) is 2.70. The molecule has 1 amide bonds. The number of anilines is 1. The summed E-state index contributed by atoms with van der Waals surface area (Å²) in [7, 11) is 0. The Morgan fingerprint density at radius 1 is 1.44 bits per heavy atom. The molecule has 0 aliphatic carbocycles. The molecule has 1 heterocycles. The van der Waals surface area contributed by atoms with Crippen LogP contribution < -0.4 is 10.9 Å². The highest BCUT2D eigenvalue weighted by Crippen LogP contribution is 2.20. The lowest BCUT2D eigenvalue weighted by atomic mass is 10.2. The molecule has 0 unspecified atom stereocenters. The van der Waals surface area contributed by atoms with Gasteiger partial charge >= 0.3 is 0 Å². The van der Waals surface area contributed by atoms with E-state index in [2.05, 4.69) is 31.2 Å². The van der Waals surface area contributed by atoms with Crippen molar-refractivity contribution in [3.63, 3.8) is 0 Å². The number of rotatable bonds is 2. The van der Waals surface area contributed by atoms with Crippen LogP contribution in [0.25, 0.3) is 0 Å². The van der Waals surface area contributed by atoms with Gasteiger partial charge in [0.25, 0.3) is 11.5 Å². The maximum absolute atomic E-state index is 11.8. The number of aromatic amines is 1. The highest BCUT2D eigenvalue weighted by Gasteiger charge is 2.08. The van der Waals surface area contributed by atoms with Gasteiger partial charge in [-0.2, -0.15) is 0 Å². The molecule has 0 fully saturated rings. The van der Waals surface area contributed by atoms with E-state index >= 15 is 0 Å². The Hall–Kier alpha value is -1.95. The van der Waals surface area contributed by atoms with E-state index in [1.54, 1.807) is 6.07 Å². The number of halogens is 1. The van der Waals surface area contributed by atoms with Crippen LogP contribution in [0.15, 0.2) is 39.9 Å². The average molecular weight is 308 g/mol. The Bertz CT molecular complexity index is 632. The molecule has 18 heavy (non-hydrogen) atoms. The number of carbonyl (C=O) groups is 1. The minimum atomic E-state index is -0.368. The molecule has 0 aliphatic rings. The summed E-state index contributed by atoms with van der Waals surface area (Å²) in [6.45, 7) is 1.93. The van der Waals surface area contributed by atoms with Crippen LogP contribution in [-0.2, 0) is 0 Å². The van der Waals surface area contributed by atoms with Crippen LogP contribution in [0.3, 0.4) is 0 Å². The molecule has 0 saturated heterocycles. The van der Waals surface area contributed by atoms with Crippen molar-refractivity contribution < 1.29 is 4.79 Å². The summed E-state index contributed by atoms with van der Waals surface area (Å²) in [6.07, 6.45) is 2.35. The quantitative estimate of drug-likeness (QED) is 0.892. The second kappa shape index (κ2) is 5.14. The highest BCUT2D eigenvalue weighted by atomic mass is 79.9. The zero-order chi connectivity index (χ0) is 13.1. The third-order valence-electron chi connectivity index (χ3n) is 2.32. The number of hydrogen-bond acceptors (Lipinski definition) is 3. The number of nitrogens with zero attached hydrogens (tertiary/aromatic N) is 1. The maximum Gasteiger partial charge on any atom is 0.275 e. The van der Waals surface area contributed by atoms with E-state index in [0.717, 1.165) is 16.2 Å². The fourth-order valence-electron chi connectivity index (χ4n) is 1.38. The Kier molecular flexibility index (Phi) is 3.57. The summed E-state index contributed by atoms with van der Waals surface area (Å²) in [5.41, 5.74) is 1.51. The molecule has 5 nitrogen and oxygen atoms in total. The van der Waals surface area contributed by atoms with Gasteiger partial charge in [0, 0.05) is 16.4 Å². The van der Waals surface area contributed by atoms with Gasteiger partial charge in [-0.15, -0.1) is 0 Å². The summed E-state index contributed by atoms with van der Waals surface area (Å²) < 4.78 is 0.975. The van der Waals surface area contributed by atoms with Crippen molar-refractivity contribution >= 4 is 27.5 Å². The topological polar surface area (TPSA) is 74.8 Å². The summed E-state index contributed by atoms with van der Waals surface area (Å²) >= 11 is 3.38. The second-order valence-corrected chi connectivity index (χ2v) is 4.57. The standard InChI is InChI=1S/C12H10BrN3O2/c1-7-4-8(2-3-9(7)13)16-12(18)10-5-15-11(17)6-14-10/h2-6H,1H3,(H,15,17)(H,16,18). The number of hydrogen-bond donors (Lipinski definition) is 2. The Balaban J connectivity index is 2.18. The molecule has 6 heteroatoms. The molecular formula is C12H10BrN3O2. The van der Waals surface area contributed by atoms with E-state index in [0.29, 0.717) is 5.69 Å². The van der Waals surface area contributed by atoms with Crippen molar-refractivity contribution in [1.29, 1.82) is 0 Å². The minimum Gasteiger partial charge on any atom is -0.325 e. The normalized spacial score (nSPS) is 10.1. The van der Waals surface area contributed by atoms with Crippen LogP contribution in [0.2, 0.25) is 0 Å². The molecule has 0 bridgehead atoms. The third-order valence-corrected chi connectivity index (χ3v) is 3.21. The van der Waals surface area contributed by atoms with Gasteiger partial charge in [-0.3, -0.25) is 9.59 Å². The van der Waals surface area contributed by atoms with E-state index in [1.165, 1.54) is 6.20 Å². The van der Waals surface area contributed by atoms with Gasteiger partial charge in [-0.1, -0.05) is 15.9 Å². The van der Waals surface area contributed by atoms with Crippen molar-refractivity contribution in [2.24, 2.45) is 0 Å². The van der Waals surface area contributed by atoms with Crippen LogP contribution >= 0.6 is 15.9 Å². The molecule has 1 aromatic carbocycles. The van der Waals surface area contributed by atoms with Gasteiger partial charge in [0.05, 0.1) is 6.20 Å². The molecule has 0 spiro atoms. The first-order valence-corrected chi connectivity index (χ1v) is 5.98. The molecule has 0 aliphatic heterocycles. The highest BCUT2D eigenvalue weighted by molar-refractivity contribution is 9.10.